The zero-order valence-corrected chi connectivity index (χ0v) is 10.1. The summed E-state index contributed by atoms with van der Waals surface area (Å²) >= 11 is 0. The molecule has 0 aliphatic heterocycles. The van der Waals surface area contributed by atoms with Crippen LogP contribution in [-0.2, 0) is 7.05 Å². The molecule has 0 radical (unpaired) electrons. The quantitative estimate of drug-likeness (QED) is 0.840. The summed E-state index contributed by atoms with van der Waals surface area (Å²) in [5.74, 6) is 0. The highest BCUT2D eigenvalue weighted by Gasteiger charge is 2.27. The normalized spacial score (nSPS) is 13.9. The van der Waals surface area contributed by atoms with E-state index in [-0.39, 0.29) is 12.5 Å². The molecule has 0 spiro atoms. The van der Waals surface area contributed by atoms with Crippen molar-refractivity contribution >= 4 is 0 Å². The fourth-order valence-electron chi connectivity index (χ4n) is 1.72. The second kappa shape index (κ2) is 6.05. The number of aromatic nitrogens is 2. The Morgan fingerprint density at radius 3 is 2.65 bits per heavy atom. The van der Waals surface area contributed by atoms with E-state index in [2.05, 4.69) is 10.3 Å². The number of nitrogens with one attached hydrogen (secondary N) is 1. The molecule has 98 valence electrons. The number of nitrogens with zero attached hydrogens (tertiary/aromatic N) is 2. The molecule has 0 aliphatic carbocycles. The molecule has 1 N–H and O–H groups in total. The Labute approximate surface area is 99.0 Å². The van der Waals surface area contributed by atoms with Crippen molar-refractivity contribution in [1.29, 1.82) is 0 Å². The maximum absolute atomic E-state index is 12.1. The van der Waals surface area contributed by atoms with Crippen LogP contribution in [0.4, 0.5) is 13.2 Å². The highest BCUT2D eigenvalue weighted by atomic mass is 19.4. The second-order valence-corrected chi connectivity index (χ2v) is 4.08. The van der Waals surface area contributed by atoms with Gasteiger partial charge in [-0.25, -0.2) is 4.98 Å². The molecular formula is C11H18F3N3. The Balaban J connectivity index is 2.49. The van der Waals surface area contributed by atoms with Gasteiger partial charge in [-0.15, -0.1) is 0 Å². The molecule has 1 atom stereocenters. The molecule has 17 heavy (non-hydrogen) atoms. The lowest BCUT2D eigenvalue weighted by molar-refractivity contribution is -0.135. The SMILES string of the molecule is CCNC(CCCC(F)(F)F)c1cn(C)cn1. The zero-order chi connectivity index (χ0) is 12.9. The first kappa shape index (κ1) is 14.0. The van der Waals surface area contributed by atoms with E-state index in [9.17, 15) is 13.2 Å². The first-order valence-corrected chi connectivity index (χ1v) is 5.70. The van der Waals surface area contributed by atoms with Crippen molar-refractivity contribution in [3.8, 4) is 0 Å². The summed E-state index contributed by atoms with van der Waals surface area (Å²) in [6.07, 6.45) is -0.741. The van der Waals surface area contributed by atoms with Gasteiger partial charge in [0, 0.05) is 19.7 Å². The van der Waals surface area contributed by atoms with E-state index in [0.717, 1.165) is 5.69 Å². The number of hydrogen-bond donors (Lipinski definition) is 1. The van der Waals surface area contributed by atoms with E-state index in [1.54, 1.807) is 10.9 Å². The van der Waals surface area contributed by atoms with E-state index in [4.69, 9.17) is 0 Å². The molecule has 0 aromatic carbocycles. The molecule has 1 unspecified atom stereocenters. The van der Waals surface area contributed by atoms with Gasteiger partial charge in [0.05, 0.1) is 18.1 Å². The monoisotopic (exact) mass is 249 g/mol. The van der Waals surface area contributed by atoms with E-state index in [0.29, 0.717) is 13.0 Å². The molecule has 0 aliphatic rings. The van der Waals surface area contributed by atoms with Crippen LogP contribution in [0.5, 0.6) is 0 Å². The van der Waals surface area contributed by atoms with E-state index in [1.165, 1.54) is 0 Å². The summed E-state index contributed by atoms with van der Waals surface area (Å²) in [4.78, 5) is 4.17. The molecule has 0 bridgehead atoms. The van der Waals surface area contributed by atoms with Crippen LogP contribution in [0.15, 0.2) is 12.5 Å². The lowest BCUT2D eigenvalue weighted by atomic mass is 10.1. The number of imidazole rings is 1. The van der Waals surface area contributed by atoms with Crippen molar-refractivity contribution in [2.75, 3.05) is 6.54 Å². The van der Waals surface area contributed by atoms with Crippen molar-refractivity contribution in [1.82, 2.24) is 14.9 Å². The van der Waals surface area contributed by atoms with Crippen LogP contribution in [0.2, 0.25) is 0 Å². The summed E-state index contributed by atoms with van der Waals surface area (Å²) in [6.45, 7) is 2.65. The van der Waals surface area contributed by atoms with Crippen LogP contribution in [0.1, 0.15) is 37.9 Å². The third kappa shape index (κ3) is 5.21. The first-order valence-electron chi connectivity index (χ1n) is 5.70. The van der Waals surface area contributed by atoms with Crippen molar-refractivity contribution in [3.05, 3.63) is 18.2 Å². The minimum atomic E-state index is -4.07. The van der Waals surface area contributed by atoms with Gasteiger partial charge in [-0.1, -0.05) is 6.92 Å². The predicted octanol–water partition coefficient (Wildman–Crippen LogP) is 2.80. The van der Waals surface area contributed by atoms with Gasteiger partial charge in [-0.3, -0.25) is 0 Å². The first-order chi connectivity index (χ1) is 7.92. The molecule has 1 aromatic rings. The van der Waals surface area contributed by atoms with Gasteiger partial charge in [0.1, 0.15) is 0 Å². The van der Waals surface area contributed by atoms with Crippen LogP contribution >= 0.6 is 0 Å². The van der Waals surface area contributed by atoms with Gasteiger partial charge in [0.25, 0.3) is 0 Å². The standard InChI is InChI=1S/C11H18F3N3/c1-3-15-9(5-4-6-11(12,13)14)10-7-17(2)8-16-10/h7-9,15H,3-6H2,1-2H3. The Morgan fingerprint density at radius 2 is 2.18 bits per heavy atom. The number of halogens is 3. The Morgan fingerprint density at radius 1 is 1.47 bits per heavy atom. The summed E-state index contributed by atoms with van der Waals surface area (Å²) in [5, 5.41) is 3.16. The van der Waals surface area contributed by atoms with E-state index >= 15 is 0 Å². The van der Waals surface area contributed by atoms with Crippen LogP contribution in [0, 0.1) is 0 Å². The third-order valence-electron chi connectivity index (χ3n) is 2.49. The minimum Gasteiger partial charge on any atom is -0.340 e. The van der Waals surface area contributed by atoms with Gasteiger partial charge in [0.2, 0.25) is 0 Å². The van der Waals surface area contributed by atoms with Crippen LogP contribution in [0.25, 0.3) is 0 Å². The van der Waals surface area contributed by atoms with E-state index in [1.807, 2.05) is 20.2 Å². The maximum Gasteiger partial charge on any atom is 0.389 e. The van der Waals surface area contributed by atoms with E-state index < -0.39 is 12.6 Å². The molecule has 1 aromatic heterocycles. The maximum atomic E-state index is 12.1. The van der Waals surface area contributed by atoms with Crippen LogP contribution in [-0.4, -0.2) is 22.3 Å². The van der Waals surface area contributed by atoms with Crippen molar-refractivity contribution in [2.45, 2.75) is 38.4 Å². The number of rotatable bonds is 6. The van der Waals surface area contributed by atoms with Crippen LogP contribution < -0.4 is 5.32 Å². The lowest BCUT2D eigenvalue weighted by Gasteiger charge is -2.16. The van der Waals surface area contributed by atoms with Crippen LogP contribution in [0.3, 0.4) is 0 Å². The summed E-state index contributed by atoms with van der Waals surface area (Å²) in [5.41, 5.74) is 0.802. The number of hydrogen-bond acceptors (Lipinski definition) is 2. The predicted molar refractivity (Wildman–Crippen MR) is 59.5 cm³/mol. The van der Waals surface area contributed by atoms with Crippen molar-refractivity contribution < 1.29 is 13.2 Å². The van der Waals surface area contributed by atoms with Gasteiger partial charge < -0.3 is 9.88 Å². The summed E-state index contributed by atoms with van der Waals surface area (Å²) in [7, 11) is 1.84. The number of aryl methyl sites for hydroxylation is 1. The molecule has 0 saturated carbocycles. The van der Waals surface area contributed by atoms with Crippen molar-refractivity contribution in [3.63, 3.8) is 0 Å². The second-order valence-electron chi connectivity index (χ2n) is 4.08. The molecule has 1 heterocycles. The molecular weight excluding hydrogens is 231 g/mol. The summed E-state index contributed by atoms with van der Waals surface area (Å²) < 4.78 is 38.0. The molecule has 0 amide bonds. The molecule has 6 heteroatoms. The molecule has 3 nitrogen and oxygen atoms in total. The van der Waals surface area contributed by atoms with Gasteiger partial charge >= 0.3 is 6.18 Å². The largest absolute Gasteiger partial charge is 0.389 e. The van der Waals surface area contributed by atoms with Gasteiger partial charge in [0.15, 0.2) is 0 Å². The molecule has 0 saturated heterocycles. The highest BCUT2D eigenvalue weighted by Crippen LogP contribution is 2.25. The highest BCUT2D eigenvalue weighted by molar-refractivity contribution is 5.03. The fraction of sp³-hybridized carbons (Fsp3) is 0.727. The van der Waals surface area contributed by atoms with Crippen molar-refractivity contribution in [2.24, 2.45) is 7.05 Å². The smallest absolute Gasteiger partial charge is 0.340 e. The minimum absolute atomic E-state index is 0.0939. The number of alkyl halides is 3. The summed E-state index contributed by atoms with van der Waals surface area (Å²) in [6, 6.07) is -0.0939. The average Bonchev–Trinajstić information content (AvgIpc) is 2.62. The third-order valence-corrected chi connectivity index (χ3v) is 2.49. The molecule has 1 rings (SSSR count). The topological polar surface area (TPSA) is 29.9 Å². The Hall–Kier alpha value is -1.04. The lowest BCUT2D eigenvalue weighted by Crippen LogP contribution is -2.22. The average molecular weight is 249 g/mol. The fourth-order valence-corrected chi connectivity index (χ4v) is 1.72. The zero-order valence-electron chi connectivity index (χ0n) is 10.1. The Bertz CT molecular complexity index is 333. The Kier molecular flexibility index (Phi) is 4.99. The van der Waals surface area contributed by atoms with Gasteiger partial charge in [-0.05, 0) is 19.4 Å². The molecule has 0 fully saturated rings. The van der Waals surface area contributed by atoms with Gasteiger partial charge in [-0.2, -0.15) is 13.2 Å².